The van der Waals surface area contributed by atoms with Gasteiger partial charge in [0.2, 0.25) is 0 Å². The quantitative estimate of drug-likeness (QED) is 0.762. The first-order valence-corrected chi connectivity index (χ1v) is 8.85. The number of carbonyl (C=O) groups excluding carboxylic acids is 1. The van der Waals surface area contributed by atoms with Crippen LogP contribution in [0.25, 0.3) is 0 Å². The SMILES string of the molecule is CCc1cccc(CC)c1NC(=O)[C@H](CC)Oc1ccccc1OC. The molecule has 4 nitrogen and oxygen atoms in total. The van der Waals surface area contributed by atoms with E-state index in [1.807, 2.05) is 37.3 Å². The van der Waals surface area contributed by atoms with Crippen molar-refractivity contribution in [3.63, 3.8) is 0 Å². The van der Waals surface area contributed by atoms with E-state index in [2.05, 4.69) is 31.3 Å². The number of hydrogen-bond acceptors (Lipinski definition) is 3. The summed E-state index contributed by atoms with van der Waals surface area (Å²) in [5.41, 5.74) is 3.19. The third-order valence-electron chi connectivity index (χ3n) is 4.25. The number of nitrogens with one attached hydrogen (secondary N) is 1. The molecule has 2 rings (SSSR count). The van der Waals surface area contributed by atoms with Crippen LogP contribution in [0.3, 0.4) is 0 Å². The summed E-state index contributed by atoms with van der Waals surface area (Å²) >= 11 is 0. The number of carbonyl (C=O) groups is 1. The van der Waals surface area contributed by atoms with E-state index in [1.165, 1.54) is 0 Å². The van der Waals surface area contributed by atoms with Gasteiger partial charge in [-0.25, -0.2) is 0 Å². The van der Waals surface area contributed by atoms with Gasteiger partial charge in [-0.05, 0) is 42.5 Å². The molecule has 0 aliphatic carbocycles. The van der Waals surface area contributed by atoms with Crippen LogP contribution in [0.2, 0.25) is 0 Å². The second-order valence-electron chi connectivity index (χ2n) is 5.81. The number of aryl methyl sites for hydroxylation is 2. The van der Waals surface area contributed by atoms with Gasteiger partial charge in [-0.1, -0.05) is 51.1 Å². The molecule has 0 spiro atoms. The lowest BCUT2D eigenvalue weighted by molar-refractivity contribution is -0.122. The molecule has 0 saturated carbocycles. The van der Waals surface area contributed by atoms with Crippen LogP contribution in [0, 0.1) is 0 Å². The maximum atomic E-state index is 12.8. The summed E-state index contributed by atoms with van der Waals surface area (Å²) < 4.78 is 11.2. The number of hydrogen-bond donors (Lipinski definition) is 1. The molecule has 134 valence electrons. The first-order chi connectivity index (χ1) is 12.1. The second-order valence-corrected chi connectivity index (χ2v) is 5.81. The number of ether oxygens (including phenoxy) is 2. The molecule has 0 radical (unpaired) electrons. The zero-order valence-electron chi connectivity index (χ0n) is 15.5. The molecule has 0 fully saturated rings. The van der Waals surface area contributed by atoms with Gasteiger partial charge < -0.3 is 14.8 Å². The fourth-order valence-electron chi connectivity index (χ4n) is 2.80. The van der Waals surface area contributed by atoms with E-state index in [1.54, 1.807) is 7.11 Å². The van der Waals surface area contributed by atoms with E-state index in [4.69, 9.17) is 9.47 Å². The van der Waals surface area contributed by atoms with Crippen LogP contribution >= 0.6 is 0 Å². The van der Waals surface area contributed by atoms with Crippen molar-refractivity contribution in [1.82, 2.24) is 0 Å². The summed E-state index contributed by atoms with van der Waals surface area (Å²) in [7, 11) is 1.59. The van der Waals surface area contributed by atoms with E-state index in [0.29, 0.717) is 17.9 Å². The summed E-state index contributed by atoms with van der Waals surface area (Å²) in [6.07, 6.45) is 1.73. The van der Waals surface area contributed by atoms with Gasteiger partial charge in [0.05, 0.1) is 7.11 Å². The third-order valence-corrected chi connectivity index (χ3v) is 4.25. The monoisotopic (exact) mass is 341 g/mol. The minimum absolute atomic E-state index is 0.135. The van der Waals surface area contributed by atoms with Crippen LogP contribution in [-0.4, -0.2) is 19.1 Å². The van der Waals surface area contributed by atoms with Gasteiger partial charge in [-0.3, -0.25) is 4.79 Å². The zero-order chi connectivity index (χ0) is 18.2. The van der Waals surface area contributed by atoms with E-state index in [9.17, 15) is 4.79 Å². The molecule has 2 aromatic carbocycles. The molecule has 0 aliphatic heterocycles. The van der Waals surface area contributed by atoms with Gasteiger partial charge in [-0.2, -0.15) is 0 Å². The van der Waals surface area contributed by atoms with Crippen molar-refractivity contribution in [3.8, 4) is 11.5 Å². The first kappa shape index (κ1) is 18.8. The lowest BCUT2D eigenvalue weighted by Gasteiger charge is -2.21. The molecule has 2 aromatic rings. The fraction of sp³-hybridized carbons (Fsp3) is 0.381. The third kappa shape index (κ3) is 4.53. The summed E-state index contributed by atoms with van der Waals surface area (Å²) in [6, 6.07) is 13.5. The minimum atomic E-state index is -0.578. The van der Waals surface area contributed by atoms with Gasteiger partial charge in [0.25, 0.3) is 5.91 Å². The number of methoxy groups -OCH3 is 1. The van der Waals surface area contributed by atoms with Gasteiger partial charge in [0.1, 0.15) is 0 Å². The lowest BCUT2D eigenvalue weighted by Crippen LogP contribution is -2.33. The molecule has 0 bridgehead atoms. The Morgan fingerprint density at radius 1 is 0.960 bits per heavy atom. The smallest absolute Gasteiger partial charge is 0.265 e. The molecular weight excluding hydrogens is 314 g/mol. The molecule has 0 aliphatic rings. The van der Waals surface area contributed by atoms with Crippen LogP contribution in [-0.2, 0) is 17.6 Å². The van der Waals surface area contributed by atoms with Crippen molar-refractivity contribution >= 4 is 11.6 Å². The maximum absolute atomic E-state index is 12.8. The van der Waals surface area contributed by atoms with Gasteiger partial charge in [0.15, 0.2) is 17.6 Å². The van der Waals surface area contributed by atoms with Crippen molar-refractivity contribution in [3.05, 3.63) is 53.6 Å². The predicted molar refractivity (Wildman–Crippen MR) is 102 cm³/mol. The van der Waals surface area contributed by atoms with Gasteiger partial charge >= 0.3 is 0 Å². The molecule has 1 atom stereocenters. The van der Waals surface area contributed by atoms with Crippen LogP contribution in [0.15, 0.2) is 42.5 Å². The van der Waals surface area contributed by atoms with Crippen molar-refractivity contribution in [2.24, 2.45) is 0 Å². The first-order valence-electron chi connectivity index (χ1n) is 8.85. The van der Waals surface area contributed by atoms with Crippen molar-refractivity contribution < 1.29 is 14.3 Å². The highest BCUT2D eigenvalue weighted by molar-refractivity contribution is 5.95. The van der Waals surface area contributed by atoms with Crippen LogP contribution < -0.4 is 14.8 Å². The highest BCUT2D eigenvalue weighted by atomic mass is 16.5. The number of anilines is 1. The fourth-order valence-corrected chi connectivity index (χ4v) is 2.80. The molecule has 0 heterocycles. The summed E-state index contributed by atoms with van der Waals surface area (Å²) in [4.78, 5) is 12.8. The van der Waals surface area contributed by atoms with E-state index in [0.717, 1.165) is 29.7 Å². The normalized spacial score (nSPS) is 11.7. The molecule has 25 heavy (non-hydrogen) atoms. The van der Waals surface area contributed by atoms with Crippen LogP contribution in [0.1, 0.15) is 38.3 Å². The highest BCUT2D eigenvalue weighted by Crippen LogP contribution is 2.28. The van der Waals surface area contributed by atoms with Crippen molar-refractivity contribution in [2.75, 3.05) is 12.4 Å². The molecule has 0 aromatic heterocycles. The summed E-state index contributed by atoms with van der Waals surface area (Å²) in [6.45, 7) is 6.12. The Bertz CT molecular complexity index is 690. The average molecular weight is 341 g/mol. The maximum Gasteiger partial charge on any atom is 0.265 e. The van der Waals surface area contributed by atoms with E-state index in [-0.39, 0.29) is 5.91 Å². The highest BCUT2D eigenvalue weighted by Gasteiger charge is 2.21. The Labute approximate surface area is 150 Å². The molecule has 1 N–H and O–H groups in total. The predicted octanol–water partition coefficient (Wildman–Crippen LogP) is 4.62. The molecule has 0 saturated heterocycles. The standard InChI is InChI=1S/C21H27NO3/c1-5-15-11-10-12-16(6-2)20(15)22-21(23)17(7-3)25-19-14-9-8-13-18(19)24-4/h8-14,17H,5-7H2,1-4H3,(H,22,23)/t17-/m0/s1. The minimum Gasteiger partial charge on any atom is -0.493 e. The van der Waals surface area contributed by atoms with E-state index < -0.39 is 6.10 Å². The van der Waals surface area contributed by atoms with Crippen LogP contribution in [0.4, 0.5) is 5.69 Å². The molecule has 1 amide bonds. The Hall–Kier alpha value is -2.49. The van der Waals surface area contributed by atoms with Gasteiger partial charge in [0, 0.05) is 5.69 Å². The Morgan fingerprint density at radius 2 is 1.56 bits per heavy atom. The Morgan fingerprint density at radius 3 is 2.08 bits per heavy atom. The number of para-hydroxylation sites is 3. The summed E-state index contributed by atoms with van der Waals surface area (Å²) in [5, 5.41) is 3.08. The number of rotatable bonds is 8. The topological polar surface area (TPSA) is 47.6 Å². The lowest BCUT2D eigenvalue weighted by atomic mass is 10.0. The second kappa shape index (κ2) is 9.11. The van der Waals surface area contributed by atoms with Crippen molar-refractivity contribution in [2.45, 2.75) is 46.1 Å². The average Bonchev–Trinajstić information content (AvgIpc) is 2.66. The van der Waals surface area contributed by atoms with Crippen molar-refractivity contribution in [1.29, 1.82) is 0 Å². The number of benzene rings is 2. The van der Waals surface area contributed by atoms with E-state index >= 15 is 0 Å². The van der Waals surface area contributed by atoms with Crippen LogP contribution in [0.5, 0.6) is 11.5 Å². The van der Waals surface area contributed by atoms with Gasteiger partial charge in [-0.15, -0.1) is 0 Å². The Kier molecular flexibility index (Phi) is 6.87. The largest absolute Gasteiger partial charge is 0.493 e. The molecule has 4 heteroatoms. The zero-order valence-corrected chi connectivity index (χ0v) is 15.5. The summed E-state index contributed by atoms with van der Waals surface area (Å²) in [5.74, 6) is 1.06. The number of amides is 1. The molecule has 0 unspecified atom stereocenters. The Balaban J connectivity index is 2.21. The molecular formula is C21H27NO3.